The number of nitriles is 1. The van der Waals surface area contributed by atoms with Gasteiger partial charge in [-0.05, 0) is 12.1 Å². The Hall–Kier alpha value is -2.51. The van der Waals surface area contributed by atoms with E-state index in [0.717, 1.165) is 12.3 Å². The zero-order chi connectivity index (χ0) is 15.3. The summed E-state index contributed by atoms with van der Waals surface area (Å²) in [4.78, 5) is 25.1. The Bertz CT molecular complexity index is 646. The molecule has 20 heavy (non-hydrogen) atoms. The molecule has 0 radical (unpaired) electrons. The van der Waals surface area contributed by atoms with Crippen molar-refractivity contribution in [1.82, 2.24) is 9.29 Å². The predicted octanol–water partition coefficient (Wildman–Crippen LogP) is -2.09. The predicted molar refractivity (Wildman–Crippen MR) is 66.1 cm³/mol. The average molecular weight is 297 g/mol. The number of carbonyl (C=O) groups is 2. The molecule has 0 atom stereocenters. The molecule has 1 aromatic heterocycles. The van der Waals surface area contributed by atoms with E-state index in [1.54, 1.807) is 6.07 Å². The number of aromatic nitrogens is 1. The zero-order valence-electron chi connectivity index (χ0n) is 10.2. The largest absolute Gasteiger partial charge is 0.369 e. The number of sulfonamides is 1. The molecular formula is C10H11N5O4S. The van der Waals surface area contributed by atoms with Crippen LogP contribution in [0.25, 0.3) is 0 Å². The highest BCUT2D eigenvalue weighted by Gasteiger charge is 2.27. The summed E-state index contributed by atoms with van der Waals surface area (Å²) in [6, 6.07) is 4.06. The molecule has 1 aromatic rings. The van der Waals surface area contributed by atoms with Crippen molar-refractivity contribution in [1.29, 1.82) is 5.26 Å². The van der Waals surface area contributed by atoms with Crippen molar-refractivity contribution in [3.05, 3.63) is 24.0 Å². The molecule has 9 nitrogen and oxygen atoms in total. The van der Waals surface area contributed by atoms with Gasteiger partial charge in [0, 0.05) is 6.20 Å². The fraction of sp³-hybridized carbons (Fsp3) is 0.200. The van der Waals surface area contributed by atoms with Crippen LogP contribution in [0.2, 0.25) is 0 Å². The van der Waals surface area contributed by atoms with Crippen LogP contribution in [0.3, 0.4) is 0 Å². The summed E-state index contributed by atoms with van der Waals surface area (Å²) in [5.74, 6) is -1.87. The summed E-state index contributed by atoms with van der Waals surface area (Å²) in [7, 11) is -4.16. The second kappa shape index (κ2) is 6.09. The monoisotopic (exact) mass is 297 g/mol. The lowest BCUT2D eigenvalue weighted by Crippen LogP contribution is -2.43. The minimum absolute atomic E-state index is 0.0281. The highest BCUT2D eigenvalue weighted by atomic mass is 32.2. The maximum absolute atomic E-state index is 12.2. The first-order valence-electron chi connectivity index (χ1n) is 5.20. The second-order valence-corrected chi connectivity index (χ2v) is 5.63. The molecule has 0 saturated carbocycles. The molecule has 0 bridgehead atoms. The van der Waals surface area contributed by atoms with E-state index in [9.17, 15) is 18.0 Å². The van der Waals surface area contributed by atoms with Gasteiger partial charge >= 0.3 is 0 Å². The smallest absolute Gasteiger partial charge is 0.245 e. The van der Waals surface area contributed by atoms with Crippen LogP contribution in [0.1, 0.15) is 5.69 Å². The summed E-state index contributed by atoms with van der Waals surface area (Å²) < 4.78 is 24.9. The molecule has 0 spiro atoms. The molecule has 1 rings (SSSR count). The second-order valence-electron chi connectivity index (χ2n) is 3.70. The number of carbonyl (C=O) groups excluding carboxylic acids is 2. The van der Waals surface area contributed by atoms with E-state index < -0.39 is 34.9 Å². The van der Waals surface area contributed by atoms with Gasteiger partial charge in [-0.25, -0.2) is 13.4 Å². The van der Waals surface area contributed by atoms with Crippen LogP contribution in [0.4, 0.5) is 0 Å². The van der Waals surface area contributed by atoms with Crippen molar-refractivity contribution in [3.8, 4) is 6.07 Å². The van der Waals surface area contributed by atoms with Gasteiger partial charge in [0.25, 0.3) is 0 Å². The molecule has 2 amide bonds. The van der Waals surface area contributed by atoms with Gasteiger partial charge < -0.3 is 11.5 Å². The standard InChI is InChI=1S/C10H11N5O4S/c11-3-7-1-2-8(4-14-7)20(18,19)15(5-9(12)16)6-10(13)17/h1-2,4H,5-6H2,(H2,12,16)(H2,13,17). The summed E-state index contributed by atoms with van der Waals surface area (Å²) in [5, 5.41) is 8.58. The Morgan fingerprint density at radius 2 is 1.80 bits per heavy atom. The van der Waals surface area contributed by atoms with Crippen molar-refractivity contribution in [3.63, 3.8) is 0 Å². The molecule has 0 aromatic carbocycles. The highest BCUT2D eigenvalue weighted by molar-refractivity contribution is 7.89. The van der Waals surface area contributed by atoms with Crippen LogP contribution in [0.15, 0.2) is 23.2 Å². The third-order valence-corrected chi connectivity index (χ3v) is 3.93. The molecule has 106 valence electrons. The van der Waals surface area contributed by atoms with Crippen LogP contribution >= 0.6 is 0 Å². The van der Waals surface area contributed by atoms with E-state index in [0.29, 0.717) is 4.31 Å². The normalized spacial score (nSPS) is 11.0. The van der Waals surface area contributed by atoms with E-state index >= 15 is 0 Å². The lowest BCUT2D eigenvalue weighted by atomic mass is 10.4. The summed E-state index contributed by atoms with van der Waals surface area (Å²) in [5.41, 5.74) is 9.90. The summed E-state index contributed by atoms with van der Waals surface area (Å²) >= 11 is 0. The van der Waals surface area contributed by atoms with Crippen LogP contribution in [0.5, 0.6) is 0 Å². The fourth-order valence-corrected chi connectivity index (χ4v) is 2.64. The molecule has 0 aliphatic rings. The lowest BCUT2D eigenvalue weighted by molar-refractivity contribution is -0.120. The molecule has 0 unspecified atom stereocenters. The zero-order valence-corrected chi connectivity index (χ0v) is 11.0. The van der Waals surface area contributed by atoms with Crippen LogP contribution in [0, 0.1) is 11.3 Å². The number of hydrogen-bond donors (Lipinski definition) is 2. The molecule has 0 fully saturated rings. The van der Waals surface area contributed by atoms with E-state index in [1.807, 2.05) is 0 Å². The average Bonchev–Trinajstić information content (AvgIpc) is 2.37. The molecule has 10 heteroatoms. The van der Waals surface area contributed by atoms with Crippen molar-refractivity contribution in [2.24, 2.45) is 11.5 Å². The Balaban J connectivity index is 3.17. The molecule has 0 saturated heterocycles. The fourth-order valence-electron chi connectivity index (χ4n) is 1.32. The first-order valence-corrected chi connectivity index (χ1v) is 6.64. The maximum atomic E-state index is 12.2. The Morgan fingerprint density at radius 1 is 1.25 bits per heavy atom. The maximum Gasteiger partial charge on any atom is 0.245 e. The Kier molecular flexibility index (Phi) is 4.73. The lowest BCUT2D eigenvalue weighted by Gasteiger charge is -2.18. The van der Waals surface area contributed by atoms with Crippen LogP contribution in [-0.2, 0) is 19.6 Å². The number of amides is 2. The van der Waals surface area contributed by atoms with Gasteiger partial charge in [-0.15, -0.1) is 0 Å². The first-order chi connectivity index (χ1) is 9.27. The topological polar surface area (TPSA) is 160 Å². The van der Waals surface area contributed by atoms with Gasteiger partial charge in [-0.1, -0.05) is 0 Å². The summed E-state index contributed by atoms with van der Waals surface area (Å²) in [6.07, 6.45) is 0.947. The third-order valence-electron chi connectivity index (χ3n) is 2.15. The van der Waals surface area contributed by atoms with E-state index in [2.05, 4.69) is 4.98 Å². The number of nitrogens with zero attached hydrogens (tertiary/aromatic N) is 3. The minimum atomic E-state index is -4.16. The Labute approximate surface area is 114 Å². The number of nitrogens with two attached hydrogens (primary N) is 2. The SMILES string of the molecule is N#Cc1ccc(S(=O)(=O)N(CC(N)=O)CC(N)=O)cn1. The highest BCUT2D eigenvalue weighted by Crippen LogP contribution is 2.14. The van der Waals surface area contributed by atoms with Gasteiger partial charge in [0.1, 0.15) is 16.7 Å². The van der Waals surface area contributed by atoms with Gasteiger partial charge in [-0.2, -0.15) is 9.57 Å². The van der Waals surface area contributed by atoms with Gasteiger partial charge in [0.15, 0.2) is 0 Å². The van der Waals surface area contributed by atoms with E-state index in [1.165, 1.54) is 6.07 Å². The van der Waals surface area contributed by atoms with Gasteiger partial charge in [0.05, 0.1) is 13.1 Å². The van der Waals surface area contributed by atoms with Crippen molar-refractivity contribution >= 4 is 21.8 Å². The van der Waals surface area contributed by atoms with Crippen molar-refractivity contribution in [2.75, 3.05) is 13.1 Å². The van der Waals surface area contributed by atoms with Crippen molar-refractivity contribution in [2.45, 2.75) is 4.90 Å². The first kappa shape index (κ1) is 15.5. The summed E-state index contributed by atoms with van der Waals surface area (Å²) in [6.45, 7) is -1.38. The number of rotatable bonds is 6. The molecule has 0 aliphatic heterocycles. The van der Waals surface area contributed by atoms with Crippen LogP contribution < -0.4 is 11.5 Å². The van der Waals surface area contributed by atoms with Crippen LogP contribution in [-0.4, -0.2) is 42.6 Å². The van der Waals surface area contributed by atoms with Gasteiger partial charge in [-0.3, -0.25) is 9.59 Å². The molecule has 4 N–H and O–H groups in total. The van der Waals surface area contributed by atoms with Crippen molar-refractivity contribution < 1.29 is 18.0 Å². The molecule has 1 heterocycles. The van der Waals surface area contributed by atoms with Gasteiger partial charge in [0.2, 0.25) is 21.8 Å². The third kappa shape index (κ3) is 3.74. The van der Waals surface area contributed by atoms with E-state index in [-0.39, 0.29) is 10.6 Å². The van der Waals surface area contributed by atoms with E-state index in [4.69, 9.17) is 16.7 Å². The Morgan fingerprint density at radius 3 is 2.15 bits per heavy atom. The quantitative estimate of drug-likeness (QED) is 0.612. The number of hydrogen-bond acceptors (Lipinski definition) is 6. The molecular weight excluding hydrogens is 286 g/mol. The number of pyridine rings is 1. The number of primary amides is 2. The molecule has 0 aliphatic carbocycles. The minimum Gasteiger partial charge on any atom is -0.369 e.